The van der Waals surface area contributed by atoms with Crippen LogP contribution in [0.1, 0.15) is 5.56 Å². The van der Waals surface area contributed by atoms with Crippen molar-refractivity contribution in [1.82, 2.24) is 4.98 Å². The van der Waals surface area contributed by atoms with Crippen molar-refractivity contribution in [2.24, 2.45) is 0 Å². The van der Waals surface area contributed by atoms with Gasteiger partial charge in [0.1, 0.15) is 0 Å². The molecule has 0 bridgehead atoms. The van der Waals surface area contributed by atoms with Gasteiger partial charge in [-0.25, -0.2) is 4.79 Å². The molecule has 25 heavy (non-hydrogen) atoms. The van der Waals surface area contributed by atoms with Gasteiger partial charge in [-0.1, -0.05) is 0 Å². The summed E-state index contributed by atoms with van der Waals surface area (Å²) in [6, 6.07) is 6.06. The van der Waals surface area contributed by atoms with E-state index >= 15 is 0 Å². The summed E-state index contributed by atoms with van der Waals surface area (Å²) < 4.78 is 11.0. The van der Waals surface area contributed by atoms with Gasteiger partial charge in [-0.2, -0.15) is 0 Å². The van der Waals surface area contributed by atoms with Crippen LogP contribution in [-0.4, -0.2) is 30.1 Å². The first kappa shape index (κ1) is 15.4. The van der Waals surface area contributed by atoms with Crippen LogP contribution in [0.3, 0.4) is 0 Å². The maximum atomic E-state index is 12.4. The van der Waals surface area contributed by atoms with Crippen molar-refractivity contribution < 1.29 is 19.1 Å². The summed E-state index contributed by atoms with van der Waals surface area (Å²) in [7, 11) is 0. The number of rotatable bonds is 2. The zero-order chi connectivity index (χ0) is 17.4. The van der Waals surface area contributed by atoms with Gasteiger partial charge in [0.2, 0.25) is 0 Å². The number of benzene rings is 1. The quantitative estimate of drug-likeness (QED) is 0.612. The summed E-state index contributed by atoms with van der Waals surface area (Å²) in [5, 5.41) is 8.02. The van der Waals surface area contributed by atoms with Gasteiger partial charge in [-0.15, -0.1) is 0 Å². The van der Waals surface area contributed by atoms with Gasteiger partial charge < -0.3 is 31.2 Å². The molecule has 4 rings (SSSR count). The Hall–Kier alpha value is -3.17. The lowest BCUT2D eigenvalue weighted by Gasteiger charge is -2.19. The van der Waals surface area contributed by atoms with Crippen molar-refractivity contribution >= 4 is 34.7 Å². The van der Waals surface area contributed by atoms with Crippen molar-refractivity contribution in [2.75, 3.05) is 34.9 Å². The number of anilines is 4. The zero-order valence-electron chi connectivity index (χ0n) is 13.0. The van der Waals surface area contributed by atoms with Crippen LogP contribution in [0.2, 0.25) is 0 Å². The molecule has 1 aromatic carbocycles. The Morgan fingerprint density at radius 1 is 1.28 bits per heavy atom. The highest BCUT2D eigenvalue weighted by Gasteiger charge is 2.53. The first-order valence-corrected chi connectivity index (χ1v) is 7.60. The van der Waals surface area contributed by atoms with Crippen LogP contribution in [-0.2, 0) is 20.1 Å². The molecule has 1 spiro atoms. The molecule has 0 atom stereocenters. The topological polar surface area (TPSA) is 128 Å². The van der Waals surface area contributed by atoms with Gasteiger partial charge in [0.25, 0.3) is 11.7 Å². The minimum absolute atomic E-state index is 0.298. The fraction of sp³-hybridized carbons (Fsp3) is 0.188. The second kappa shape index (κ2) is 5.72. The number of hydrogen-bond acceptors (Lipinski definition) is 6. The third kappa shape index (κ3) is 2.55. The Kier molecular flexibility index (Phi) is 3.52. The summed E-state index contributed by atoms with van der Waals surface area (Å²) in [5.41, 5.74) is 8.03. The minimum Gasteiger partial charge on any atom is -0.399 e. The smallest absolute Gasteiger partial charge is 0.323 e. The largest absolute Gasteiger partial charge is 0.399 e. The second-order valence-corrected chi connectivity index (χ2v) is 5.58. The van der Waals surface area contributed by atoms with Gasteiger partial charge in [0.05, 0.1) is 36.5 Å². The highest BCUT2D eigenvalue weighted by atomic mass is 16.7. The second-order valence-electron chi connectivity index (χ2n) is 5.58. The maximum Gasteiger partial charge on any atom is 0.323 e. The van der Waals surface area contributed by atoms with E-state index in [9.17, 15) is 9.59 Å². The standard InChI is InChI=1S/C16H15N5O4/c17-9-6-11-13(21-14(22)16(11)24-4-5-25-16)12(7-9)20-15(23)19-10-2-1-3-18-8-10/h1-3,6-8H,4-5,17H2,(H,21,22)(H2,19,20,23). The summed E-state index contributed by atoms with van der Waals surface area (Å²) >= 11 is 0. The number of aromatic nitrogens is 1. The Morgan fingerprint density at radius 3 is 2.80 bits per heavy atom. The number of nitrogen functional groups attached to an aromatic ring is 1. The number of ether oxygens (including phenoxy) is 2. The Bertz CT molecular complexity index is 849. The molecule has 1 saturated heterocycles. The molecule has 0 saturated carbocycles. The first-order chi connectivity index (χ1) is 12.1. The average Bonchev–Trinajstić information content (AvgIpc) is 3.17. The van der Waals surface area contributed by atoms with Gasteiger partial charge >= 0.3 is 6.03 Å². The lowest BCUT2D eigenvalue weighted by atomic mass is 10.0. The van der Waals surface area contributed by atoms with Crippen LogP contribution >= 0.6 is 0 Å². The number of amides is 3. The molecule has 2 aromatic rings. The molecule has 0 unspecified atom stereocenters. The van der Waals surface area contributed by atoms with E-state index < -0.39 is 17.7 Å². The van der Waals surface area contributed by atoms with Crippen molar-refractivity contribution in [3.05, 3.63) is 42.2 Å². The van der Waals surface area contributed by atoms with Crippen molar-refractivity contribution in [1.29, 1.82) is 0 Å². The lowest BCUT2D eigenvalue weighted by molar-refractivity contribution is -0.178. The number of carbonyl (C=O) groups is 2. The van der Waals surface area contributed by atoms with Crippen molar-refractivity contribution in [3.8, 4) is 0 Å². The molecule has 5 N–H and O–H groups in total. The van der Waals surface area contributed by atoms with Crippen LogP contribution in [0, 0.1) is 0 Å². The molecule has 3 heterocycles. The molecule has 9 heteroatoms. The molecule has 0 radical (unpaired) electrons. The van der Waals surface area contributed by atoms with E-state index in [1.165, 1.54) is 6.20 Å². The number of carbonyl (C=O) groups excluding carboxylic acids is 2. The number of urea groups is 1. The zero-order valence-corrected chi connectivity index (χ0v) is 13.0. The predicted molar refractivity (Wildman–Crippen MR) is 89.9 cm³/mol. The number of nitrogens with zero attached hydrogens (tertiary/aromatic N) is 1. The molecular formula is C16H15N5O4. The molecular weight excluding hydrogens is 326 g/mol. The lowest BCUT2D eigenvalue weighted by Crippen LogP contribution is -2.35. The van der Waals surface area contributed by atoms with Crippen LogP contribution in [0.15, 0.2) is 36.7 Å². The third-order valence-corrected chi connectivity index (χ3v) is 3.91. The van der Waals surface area contributed by atoms with Crippen molar-refractivity contribution in [3.63, 3.8) is 0 Å². The van der Waals surface area contributed by atoms with Gasteiger partial charge in [0.15, 0.2) is 0 Å². The van der Waals surface area contributed by atoms with Crippen LogP contribution in [0.5, 0.6) is 0 Å². The van der Waals surface area contributed by atoms with Gasteiger partial charge in [0, 0.05) is 17.4 Å². The Morgan fingerprint density at radius 2 is 2.08 bits per heavy atom. The summed E-state index contributed by atoms with van der Waals surface area (Å²) in [5.74, 6) is -1.94. The number of pyridine rings is 1. The fourth-order valence-corrected chi connectivity index (χ4v) is 2.90. The molecule has 2 aliphatic heterocycles. The fourth-order valence-electron chi connectivity index (χ4n) is 2.90. The van der Waals surface area contributed by atoms with Crippen LogP contribution in [0.25, 0.3) is 0 Å². The number of nitrogens with one attached hydrogen (secondary N) is 3. The van der Waals surface area contributed by atoms with E-state index in [1.807, 2.05) is 0 Å². The maximum absolute atomic E-state index is 12.4. The summed E-state index contributed by atoms with van der Waals surface area (Å²) in [4.78, 5) is 28.5. The highest BCUT2D eigenvalue weighted by molar-refractivity contribution is 6.11. The number of nitrogens with two attached hydrogens (primary N) is 1. The van der Waals surface area contributed by atoms with E-state index in [2.05, 4.69) is 20.9 Å². The number of fused-ring (bicyclic) bond motifs is 2. The van der Waals surface area contributed by atoms with E-state index in [0.29, 0.717) is 41.5 Å². The molecule has 9 nitrogen and oxygen atoms in total. The normalized spacial score (nSPS) is 17.2. The van der Waals surface area contributed by atoms with E-state index in [4.69, 9.17) is 15.2 Å². The van der Waals surface area contributed by atoms with Crippen LogP contribution < -0.4 is 21.7 Å². The van der Waals surface area contributed by atoms with Gasteiger partial charge in [-0.05, 0) is 24.3 Å². The molecule has 0 aliphatic carbocycles. The van der Waals surface area contributed by atoms with E-state index in [-0.39, 0.29) is 0 Å². The third-order valence-electron chi connectivity index (χ3n) is 3.91. The van der Waals surface area contributed by atoms with Gasteiger partial charge in [-0.3, -0.25) is 9.78 Å². The monoisotopic (exact) mass is 341 g/mol. The molecule has 1 fully saturated rings. The molecule has 128 valence electrons. The van der Waals surface area contributed by atoms with E-state index in [0.717, 1.165) is 0 Å². The molecule has 3 amide bonds. The molecule has 1 aromatic heterocycles. The Labute approximate surface area is 142 Å². The minimum atomic E-state index is -1.50. The average molecular weight is 341 g/mol. The van der Waals surface area contributed by atoms with Crippen LogP contribution in [0.4, 0.5) is 27.5 Å². The number of hydrogen-bond donors (Lipinski definition) is 4. The molecule has 2 aliphatic rings. The predicted octanol–water partition coefficient (Wildman–Crippen LogP) is 1.46. The Balaban J connectivity index is 1.64. The first-order valence-electron chi connectivity index (χ1n) is 7.60. The summed E-state index contributed by atoms with van der Waals surface area (Å²) in [6.45, 7) is 0.595. The summed E-state index contributed by atoms with van der Waals surface area (Å²) in [6.07, 6.45) is 3.12. The van der Waals surface area contributed by atoms with Crippen molar-refractivity contribution in [2.45, 2.75) is 5.79 Å². The SMILES string of the molecule is Nc1cc(NC(=O)Nc2cccnc2)c2c(c1)C1(OCCO1)C(=O)N2. The highest BCUT2D eigenvalue weighted by Crippen LogP contribution is 2.46. The van der Waals surface area contributed by atoms with E-state index in [1.54, 1.807) is 30.5 Å².